The molecule has 1 aromatic heterocycles. The number of hydrogen-bond acceptors (Lipinski definition) is 6. The van der Waals surface area contributed by atoms with Gasteiger partial charge >= 0.3 is 0 Å². The van der Waals surface area contributed by atoms with Crippen molar-refractivity contribution < 1.29 is 17.9 Å². The number of dihydropyridines is 1. The number of aromatic amines is 1. The number of para-hydroxylation sites is 2. The average molecular weight is 377 g/mol. The molecule has 26 heavy (non-hydrogen) atoms. The van der Waals surface area contributed by atoms with Gasteiger partial charge in [0.05, 0.1) is 23.4 Å². The zero-order chi connectivity index (χ0) is 18.6. The molecule has 2 N–H and O–H groups in total. The molecule has 0 bridgehead atoms. The molecule has 0 radical (unpaired) electrons. The highest BCUT2D eigenvalue weighted by Crippen LogP contribution is 2.22. The average Bonchev–Trinajstić information content (AvgIpc) is 3.07. The van der Waals surface area contributed by atoms with Gasteiger partial charge in [-0.05, 0) is 25.1 Å². The monoisotopic (exact) mass is 377 g/mol. The molecule has 0 saturated heterocycles. The molecule has 0 spiro atoms. The van der Waals surface area contributed by atoms with Crippen LogP contribution in [0.2, 0.25) is 0 Å². The molecule has 0 amide bonds. The first-order valence-corrected chi connectivity index (χ1v) is 10.1. The molecule has 0 unspecified atom stereocenters. The van der Waals surface area contributed by atoms with Crippen LogP contribution >= 0.6 is 0 Å². The second-order valence-corrected chi connectivity index (χ2v) is 7.97. The van der Waals surface area contributed by atoms with Crippen molar-refractivity contribution in [2.45, 2.75) is 18.5 Å². The summed E-state index contributed by atoms with van der Waals surface area (Å²) in [5.74, 6) is 0.562. The van der Waals surface area contributed by atoms with Gasteiger partial charge in [-0.2, -0.15) is 0 Å². The van der Waals surface area contributed by atoms with Gasteiger partial charge in [0.25, 0.3) is 0 Å². The molecular formula is C18H23N3O4S. The standard InChI is InChI=1S/C18H23N3O4S/c1-13-16(19-9-8-17(13)25-11-5-10-24-2)12-26(22,23)18-20-14-6-3-4-7-15(14)21-18/h3-4,6-8,19H,5,9-12H2,1-2H3,(H,20,21). The number of sulfone groups is 1. The van der Waals surface area contributed by atoms with E-state index >= 15 is 0 Å². The first kappa shape index (κ1) is 18.5. The van der Waals surface area contributed by atoms with Gasteiger partial charge in [-0.25, -0.2) is 13.4 Å². The van der Waals surface area contributed by atoms with Crippen LogP contribution in [0.5, 0.6) is 0 Å². The lowest BCUT2D eigenvalue weighted by molar-refractivity contribution is 0.147. The largest absolute Gasteiger partial charge is 0.493 e. The maximum atomic E-state index is 12.8. The highest BCUT2D eigenvalue weighted by molar-refractivity contribution is 7.91. The molecule has 3 rings (SSSR count). The number of rotatable bonds is 8. The highest BCUT2D eigenvalue weighted by Gasteiger charge is 2.24. The minimum Gasteiger partial charge on any atom is -0.493 e. The van der Waals surface area contributed by atoms with Gasteiger partial charge in [0.15, 0.2) is 0 Å². The van der Waals surface area contributed by atoms with Crippen molar-refractivity contribution in [3.8, 4) is 0 Å². The van der Waals surface area contributed by atoms with Gasteiger partial charge in [0.2, 0.25) is 15.0 Å². The number of methoxy groups -OCH3 is 1. The lowest BCUT2D eigenvalue weighted by atomic mass is 10.1. The smallest absolute Gasteiger partial charge is 0.226 e. The number of aromatic nitrogens is 2. The number of fused-ring (bicyclic) bond motifs is 1. The van der Waals surface area contributed by atoms with E-state index in [0.29, 0.717) is 36.5 Å². The van der Waals surface area contributed by atoms with E-state index in [9.17, 15) is 8.42 Å². The quantitative estimate of drug-likeness (QED) is 0.685. The molecule has 1 aliphatic heterocycles. The first-order chi connectivity index (χ1) is 12.5. The van der Waals surface area contributed by atoms with Crippen molar-refractivity contribution in [3.05, 3.63) is 47.4 Å². The number of ether oxygens (including phenoxy) is 2. The molecule has 0 aliphatic carbocycles. The molecule has 7 nitrogen and oxygen atoms in total. The highest BCUT2D eigenvalue weighted by atomic mass is 32.2. The van der Waals surface area contributed by atoms with Crippen LogP contribution in [0.3, 0.4) is 0 Å². The Bertz CT molecular complexity index is 911. The van der Waals surface area contributed by atoms with Crippen LogP contribution in [0.4, 0.5) is 0 Å². The molecule has 8 heteroatoms. The van der Waals surface area contributed by atoms with E-state index in [1.807, 2.05) is 25.1 Å². The Kier molecular flexibility index (Phi) is 5.63. The first-order valence-electron chi connectivity index (χ1n) is 8.44. The maximum Gasteiger partial charge on any atom is 0.226 e. The van der Waals surface area contributed by atoms with Gasteiger partial charge < -0.3 is 19.8 Å². The minimum absolute atomic E-state index is 0.0158. The van der Waals surface area contributed by atoms with Gasteiger partial charge in [0, 0.05) is 38.0 Å². The fraction of sp³-hybridized carbons (Fsp3) is 0.389. The van der Waals surface area contributed by atoms with E-state index in [0.717, 1.165) is 17.8 Å². The Morgan fingerprint density at radius 3 is 2.81 bits per heavy atom. The molecule has 1 aromatic carbocycles. The molecule has 140 valence electrons. The zero-order valence-corrected chi connectivity index (χ0v) is 15.7. The lowest BCUT2D eigenvalue weighted by Crippen LogP contribution is -2.27. The zero-order valence-electron chi connectivity index (χ0n) is 14.9. The van der Waals surface area contributed by atoms with E-state index in [4.69, 9.17) is 9.47 Å². The maximum absolute atomic E-state index is 12.8. The second kappa shape index (κ2) is 7.92. The Hall–Kier alpha value is -2.32. The number of nitrogens with zero attached hydrogens (tertiary/aromatic N) is 1. The number of benzene rings is 1. The SMILES string of the molecule is COCCCOC1=CCNC(CS(=O)(=O)c2nc3ccccc3[nH]2)=C1C. The Balaban J connectivity index is 1.76. The number of H-pyrrole nitrogens is 1. The minimum atomic E-state index is -3.60. The summed E-state index contributed by atoms with van der Waals surface area (Å²) in [7, 11) is -1.95. The third kappa shape index (κ3) is 4.08. The molecule has 0 fully saturated rings. The Labute approximate surface area is 153 Å². The van der Waals surface area contributed by atoms with Crippen LogP contribution in [0.1, 0.15) is 13.3 Å². The molecule has 0 atom stereocenters. The van der Waals surface area contributed by atoms with E-state index in [-0.39, 0.29) is 10.9 Å². The molecule has 1 aliphatic rings. The van der Waals surface area contributed by atoms with Crippen LogP contribution in [0.25, 0.3) is 11.0 Å². The third-order valence-electron chi connectivity index (χ3n) is 4.17. The number of hydrogen-bond donors (Lipinski definition) is 2. The van der Waals surface area contributed by atoms with E-state index in [1.54, 1.807) is 19.2 Å². The van der Waals surface area contributed by atoms with Crippen LogP contribution in [-0.4, -0.2) is 51.0 Å². The van der Waals surface area contributed by atoms with Gasteiger partial charge in [-0.1, -0.05) is 12.1 Å². The number of imidazole rings is 1. The summed E-state index contributed by atoms with van der Waals surface area (Å²) in [6.07, 6.45) is 2.70. The molecular weight excluding hydrogens is 354 g/mol. The predicted molar refractivity (Wildman–Crippen MR) is 99.4 cm³/mol. The third-order valence-corrected chi connectivity index (χ3v) is 5.62. The van der Waals surface area contributed by atoms with Crippen molar-refractivity contribution in [2.24, 2.45) is 0 Å². The summed E-state index contributed by atoms with van der Waals surface area (Å²) >= 11 is 0. The van der Waals surface area contributed by atoms with Crippen LogP contribution < -0.4 is 5.32 Å². The number of allylic oxidation sites excluding steroid dienone is 1. The van der Waals surface area contributed by atoms with Crippen molar-refractivity contribution >= 4 is 20.9 Å². The summed E-state index contributed by atoms with van der Waals surface area (Å²) in [5, 5.41) is 3.12. The topological polar surface area (TPSA) is 93.3 Å². The van der Waals surface area contributed by atoms with Crippen molar-refractivity contribution in [2.75, 3.05) is 32.6 Å². The van der Waals surface area contributed by atoms with Crippen molar-refractivity contribution in [1.29, 1.82) is 0 Å². The summed E-state index contributed by atoms with van der Waals surface area (Å²) in [6.45, 7) is 3.54. The van der Waals surface area contributed by atoms with Crippen LogP contribution in [-0.2, 0) is 19.3 Å². The predicted octanol–water partition coefficient (Wildman–Crippen LogP) is 2.15. The summed E-state index contributed by atoms with van der Waals surface area (Å²) < 4.78 is 36.3. The van der Waals surface area contributed by atoms with Gasteiger partial charge in [-0.3, -0.25) is 0 Å². The normalized spacial score (nSPS) is 15.1. The fourth-order valence-corrected chi connectivity index (χ4v) is 4.09. The summed E-state index contributed by atoms with van der Waals surface area (Å²) in [5.41, 5.74) is 2.77. The van der Waals surface area contributed by atoms with Crippen LogP contribution in [0, 0.1) is 0 Å². The van der Waals surface area contributed by atoms with Crippen molar-refractivity contribution in [1.82, 2.24) is 15.3 Å². The lowest BCUT2D eigenvalue weighted by Gasteiger charge is -2.21. The summed E-state index contributed by atoms with van der Waals surface area (Å²) in [4.78, 5) is 7.10. The van der Waals surface area contributed by atoms with E-state index in [1.165, 1.54) is 0 Å². The van der Waals surface area contributed by atoms with E-state index < -0.39 is 9.84 Å². The molecule has 2 heterocycles. The molecule has 0 saturated carbocycles. The van der Waals surface area contributed by atoms with Gasteiger partial charge in [-0.15, -0.1) is 0 Å². The second-order valence-electron chi connectivity index (χ2n) is 6.07. The summed E-state index contributed by atoms with van der Waals surface area (Å²) in [6, 6.07) is 7.25. The van der Waals surface area contributed by atoms with E-state index in [2.05, 4.69) is 15.3 Å². The number of nitrogens with one attached hydrogen (secondary N) is 2. The fourth-order valence-electron chi connectivity index (χ4n) is 2.75. The molecule has 2 aromatic rings. The Morgan fingerprint density at radius 1 is 1.23 bits per heavy atom. The van der Waals surface area contributed by atoms with Crippen molar-refractivity contribution in [3.63, 3.8) is 0 Å². The van der Waals surface area contributed by atoms with Crippen LogP contribution in [0.15, 0.2) is 52.5 Å². The Morgan fingerprint density at radius 2 is 2.04 bits per heavy atom. The van der Waals surface area contributed by atoms with Gasteiger partial charge in [0.1, 0.15) is 5.76 Å².